The first kappa shape index (κ1) is 16.9. The third-order valence-corrected chi connectivity index (χ3v) is 6.63. The van der Waals surface area contributed by atoms with Gasteiger partial charge in [-0.25, -0.2) is 4.39 Å². The summed E-state index contributed by atoms with van der Waals surface area (Å²) >= 11 is 0. The number of benzene rings is 1. The van der Waals surface area contributed by atoms with Gasteiger partial charge in [-0.2, -0.15) is 0 Å². The Bertz CT molecular complexity index is 908. The van der Waals surface area contributed by atoms with Gasteiger partial charge in [0.2, 0.25) is 17.7 Å². The second-order valence-electron chi connectivity index (χ2n) is 9.00. The molecule has 1 aromatic carbocycles. The van der Waals surface area contributed by atoms with Gasteiger partial charge < -0.3 is 5.32 Å². The smallest absolute Gasteiger partial charge is 0.250 e. The Balaban J connectivity index is 1.77. The minimum Gasteiger partial charge on any atom is -0.324 e. The zero-order chi connectivity index (χ0) is 19.3. The maximum atomic E-state index is 14.1. The van der Waals surface area contributed by atoms with E-state index < -0.39 is 28.7 Å². The Kier molecular flexibility index (Phi) is 3.09. The standard InChI is InChI=1S/C20H22FN3O3/c1-19(2,3)24-16(25)14-13-5-4-8-23(13)20(15(14)17(24)26)11-9-10(21)6-7-12(11)22-18(20)27/h6-7,9,13-15H,4-5,8H2,1-3H3,(H,22,27)/t13-,14-,15+,20-/m1/s1. The fourth-order valence-electron chi connectivity index (χ4n) is 5.84. The summed E-state index contributed by atoms with van der Waals surface area (Å²) in [7, 11) is 0. The summed E-state index contributed by atoms with van der Waals surface area (Å²) < 4.78 is 14.1. The molecule has 0 bridgehead atoms. The third-order valence-electron chi connectivity index (χ3n) is 6.63. The number of amides is 3. The van der Waals surface area contributed by atoms with Crippen molar-refractivity contribution in [2.45, 2.75) is 50.7 Å². The van der Waals surface area contributed by atoms with Crippen molar-refractivity contribution in [3.63, 3.8) is 0 Å². The van der Waals surface area contributed by atoms with E-state index in [0.717, 1.165) is 12.8 Å². The molecule has 4 atom stereocenters. The van der Waals surface area contributed by atoms with Gasteiger partial charge in [-0.1, -0.05) is 0 Å². The number of anilines is 1. The molecule has 3 fully saturated rings. The van der Waals surface area contributed by atoms with Crippen LogP contribution in [0, 0.1) is 17.7 Å². The van der Waals surface area contributed by atoms with Crippen LogP contribution in [-0.4, -0.2) is 45.6 Å². The number of likely N-dealkylation sites (tertiary alicyclic amines) is 1. The maximum Gasteiger partial charge on any atom is 0.250 e. The van der Waals surface area contributed by atoms with Crippen LogP contribution in [0.1, 0.15) is 39.2 Å². The maximum absolute atomic E-state index is 14.1. The fraction of sp³-hybridized carbons (Fsp3) is 0.550. The molecule has 6 nitrogen and oxygen atoms in total. The summed E-state index contributed by atoms with van der Waals surface area (Å²) in [5.41, 5.74) is -0.940. The van der Waals surface area contributed by atoms with E-state index >= 15 is 0 Å². The number of imide groups is 1. The number of nitrogens with zero attached hydrogens (tertiary/aromatic N) is 2. The normalized spacial score (nSPS) is 35.0. The Morgan fingerprint density at radius 3 is 2.63 bits per heavy atom. The lowest BCUT2D eigenvalue weighted by atomic mass is 9.75. The Morgan fingerprint density at radius 2 is 1.93 bits per heavy atom. The summed E-state index contributed by atoms with van der Waals surface area (Å²) in [4.78, 5) is 43.4. The predicted octanol–water partition coefficient (Wildman–Crippen LogP) is 1.85. The van der Waals surface area contributed by atoms with Crippen molar-refractivity contribution in [1.29, 1.82) is 0 Å². The number of hydrogen-bond donors (Lipinski definition) is 1. The summed E-state index contributed by atoms with van der Waals surface area (Å²) in [6, 6.07) is 4.02. The molecule has 5 rings (SSSR count). The average Bonchev–Trinajstić information content (AvgIpc) is 3.25. The molecule has 3 amide bonds. The molecular formula is C20H22FN3O3. The minimum atomic E-state index is -1.30. The topological polar surface area (TPSA) is 69.7 Å². The van der Waals surface area contributed by atoms with Crippen molar-refractivity contribution in [1.82, 2.24) is 9.80 Å². The number of hydrogen-bond acceptors (Lipinski definition) is 4. The lowest BCUT2D eigenvalue weighted by molar-refractivity contribution is -0.150. The molecule has 3 saturated heterocycles. The number of halogens is 1. The van der Waals surface area contributed by atoms with Gasteiger partial charge >= 0.3 is 0 Å². The zero-order valence-electron chi connectivity index (χ0n) is 15.6. The van der Waals surface area contributed by atoms with Gasteiger partial charge in [-0.15, -0.1) is 0 Å². The molecule has 142 valence electrons. The summed E-state index contributed by atoms with van der Waals surface area (Å²) in [5.74, 6) is -2.66. The van der Waals surface area contributed by atoms with E-state index in [1.54, 1.807) is 6.07 Å². The lowest BCUT2D eigenvalue weighted by Crippen LogP contribution is -2.56. The SMILES string of the molecule is CC(C)(C)N1C(=O)[C@@H]2[C@H]3CCCN3[C@@]3(C(=O)Nc4ccc(F)cc43)[C@@H]2C1=O. The molecule has 7 heteroatoms. The largest absolute Gasteiger partial charge is 0.324 e. The molecule has 4 aliphatic heterocycles. The second kappa shape index (κ2) is 4.95. The molecule has 4 aliphatic rings. The van der Waals surface area contributed by atoms with Crippen molar-refractivity contribution in [3.05, 3.63) is 29.6 Å². The third kappa shape index (κ3) is 1.81. The van der Waals surface area contributed by atoms with Crippen LogP contribution in [0.5, 0.6) is 0 Å². The van der Waals surface area contributed by atoms with Crippen LogP contribution in [0.15, 0.2) is 18.2 Å². The predicted molar refractivity (Wildman–Crippen MR) is 95.0 cm³/mol. The molecule has 1 spiro atoms. The van der Waals surface area contributed by atoms with Crippen molar-refractivity contribution in [2.75, 3.05) is 11.9 Å². The van der Waals surface area contributed by atoms with Crippen LogP contribution in [-0.2, 0) is 19.9 Å². The Morgan fingerprint density at radius 1 is 1.19 bits per heavy atom. The Labute approximate surface area is 156 Å². The molecule has 0 aromatic heterocycles. The van der Waals surface area contributed by atoms with E-state index in [2.05, 4.69) is 5.32 Å². The molecule has 1 aromatic rings. The highest BCUT2D eigenvalue weighted by Gasteiger charge is 2.75. The molecule has 27 heavy (non-hydrogen) atoms. The highest BCUT2D eigenvalue weighted by atomic mass is 19.1. The highest BCUT2D eigenvalue weighted by molar-refractivity contribution is 6.15. The van der Waals surface area contributed by atoms with E-state index in [4.69, 9.17) is 0 Å². The first-order valence-corrected chi connectivity index (χ1v) is 9.45. The Hall–Kier alpha value is -2.28. The van der Waals surface area contributed by atoms with Gasteiger partial charge in [0.05, 0.1) is 11.8 Å². The molecule has 0 radical (unpaired) electrons. The molecule has 0 unspecified atom stereocenters. The van der Waals surface area contributed by atoms with Gasteiger partial charge in [0, 0.05) is 22.8 Å². The van der Waals surface area contributed by atoms with Gasteiger partial charge in [-0.3, -0.25) is 24.2 Å². The van der Waals surface area contributed by atoms with Gasteiger partial charge in [-0.05, 0) is 58.4 Å². The number of carbonyl (C=O) groups is 3. The molecule has 4 heterocycles. The first-order valence-electron chi connectivity index (χ1n) is 9.45. The van der Waals surface area contributed by atoms with E-state index in [1.165, 1.54) is 17.0 Å². The van der Waals surface area contributed by atoms with Crippen LogP contribution < -0.4 is 5.32 Å². The second-order valence-corrected chi connectivity index (χ2v) is 9.00. The monoisotopic (exact) mass is 371 g/mol. The molecule has 1 N–H and O–H groups in total. The summed E-state index contributed by atoms with van der Waals surface area (Å²) in [5, 5.41) is 2.84. The number of fused-ring (bicyclic) bond motifs is 7. The summed E-state index contributed by atoms with van der Waals surface area (Å²) in [6.07, 6.45) is 1.61. The minimum absolute atomic E-state index is 0.168. The highest BCUT2D eigenvalue weighted by Crippen LogP contribution is 2.60. The van der Waals surface area contributed by atoms with Crippen molar-refractivity contribution in [2.24, 2.45) is 11.8 Å². The van der Waals surface area contributed by atoms with Crippen LogP contribution in [0.4, 0.5) is 10.1 Å². The van der Waals surface area contributed by atoms with E-state index in [9.17, 15) is 18.8 Å². The van der Waals surface area contributed by atoms with Crippen LogP contribution in [0.3, 0.4) is 0 Å². The van der Waals surface area contributed by atoms with Crippen LogP contribution in [0.25, 0.3) is 0 Å². The van der Waals surface area contributed by atoms with Crippen molar-refractivity contribution < 1.29 is 18.8 Å². The molecule has 0 aliphatic carbocycles. The van der Waals surface area contributed by atoms with Crippen LogP contribution in [0.2, 0.25) is 0 Å². The van der Waals surface area contributed by atoms with E-state index in [-0.39, 0.29) is 23.8 Å². The van der Waals surface area contributed by atoms with Crippen molar-refractivity contribution in [3.8, 4) is 0 Å². The van der Waals surface area contributed by atoms with Gasteiger partial charge in [0.1, 0.15) is 11.4 Å². The molecular weight excluding hydrogens is 349 g/mol. The van der Waals surface area contributed by atoms with Crippen LogP contribution >= 0.6 is 0 Å². The molecule has 0 saturated carbocycles. The van der Waals surface area contributed by atoms with Gasteiger partial charge in [0.15, 0.2) is 0 Å². The van der Waals surface area contributed by atoms with Gasteiger partial charge in [0.25, 0.3) is 0 Å². The zero-order valence-corrected chi connectivity index (χ0v) is 15.6. The lowest BCUT2D eigenvalue weighted by Gasteiger charge is -2.38. The van der Waals surface area contributed by atoms with Crippen molar-refractivity contribution >= 4 is 23.4 Å². The number of nitrogens with one attached hydrogen (secondary N) is 1. The fourth-order valence-corrected chi connectivity index (χ4v) is 5.84. The number of carbonyl (C=O) groups excluding carboxylic acids is 3. The number of rotatable bonds is 0. The summed E-state index contributed by atoms with van der Waals surface area (Å²) in [6.45, 7) is 6.10. The first-order chi connectivity index (χ1) is 12.7. The quantitative estimate of drug-likeness (QED) is 0.707. The average molecular weight is 371 g/mol. The van der Waals surface area contributed by atoms with E-state index in [0.29, 0.717) is 17.8 Å². The van der Waals surface area contributed by atoms with E-state index in [1.807, 2.05) is 25.7 Å².